The van der Waals surface area contributed by atoms with Crippen LogP contribution in [0, 0.1) is 5.53 Å². The molecule has 0 rings (SSSR count). The molecule has 0 spiro atoms. The number of primary amides is 1. The fourth-order valence-corrected chi connectivity index (χ4v) is 0.200. The van der Waals surface area contributed by atoms with E-state index in [0.717, 1.165) is 4.31 Å². The van der Waals surface area contributed by atoms with Gasteiger partial charge in [0.2, 0.25) is 0 Å². The van der Waals surface area contributed by atoms with Crippen molar-refractivity contribution in [2.45, 2.75) is 0 Å². The molecule has 0 saturated carbocycles. The van der Waals surface area contributed by atoms with Crippen LogP contribution in [0.15, 0.2) is 5.11 Å². The molecular formula is C2H6N4OS. The molecule has 0 aliphatic rings. The van der Waals surface area contributed by atoms with Gasteiger partial charge < -0.3 is 5.73 Å². The van der Waals surface area contributed by atoms with E-state index in [0.29, 0.717) is 0 Å². The van der Waals surface area contributed by atoms with Crippen molar-refractivity contribution in [3.63, 3.8) is 0 Å². The van der Waals surface area contributed by atoms with Gasteiger partial charge in [-0.25, -0.2) is 14.6 Å². The van der Waals surface area contributed by atoms with E-state index in [1.165, 1.54) is 0 Å². The Morgan fingerprint density at radius 3 is 2.62 bits per heavy atom. The number of carbonyl (C=O) groups excluding carboxylic acids is 1. The first-order chi connectivity index (χ1) is 3.68. The Labute approximate surface area is 51.9 Å². The highest BCUT2D eigenvalue weighted by molar-refractivity contribution is 7.78. The Balaban J connectivity index is 3.46. The van der Waals surface area contributed by atoms with Crippen LogP contribution in [0.1, 0.15) is 0 Å². The van der Waals surface area contributed by atoms with Crippen LogP contribution in [0.25, 0.3) is 0 Å². The third-order valence-corrected chi connectivity index (χ3v) is 0.783. The van der Waals surface area contributed by atoms with E-state index in [9.17, 15) is 4.79 Å². The average Bonchev–Trinajstić information content (AvgIpc) is 1.67. The van der Waals surface area contributed by atoms with Crippen molar-refractivity contribution < 1.29 is 4.79 Å². The molecule has 0 aliphatic carbocycles. The molecule has 46 valence electrons. The monoisotopic (exact) mass is 134 g/mol. The van der Waals surface area contributed by atoms with Crippen molar-refractivity contribution in [1.29, 1.82) is 5.53 Å². The molecule has 0 bridgehead atoms. The molecule has 0 heterocycles. The van der Waals surface area contributed by atoms with Crippen LogP contribution in [0.3, 0.4) is 0 Å². The van der Waals surface area contributed by atoms with Crippen molar-refractivity contribution in [2.75, 3.05) is 6.67 Å². The summed E-state index contributed by atoms with van der Waals surface area (Å²) in [4.78, 5) is 10.0. The van der Waals surface area contributed by atoms with Gasteiger partial charge in [0.05, 0.1) is 0 Å². The number of rotatable bonds is 2. The Morgan fingerprint density at radius 2 is 2.50 bits per heavy atom. The molecule has 0 aromatic heterocycles. The van der Waals surface area contributed by atoms with Crippen LogP contribution in [0.5, 0.6) is 0 Å². The van der Waals surface area contributed by atoms with Crippen LogP contribution >= 0.6 is 12.8 Å². The summed E-state index contributed by atoms with van der Waals surface area (Å²) in [7, 11) is 0. The van der Waals surface area contributed by atoms with Crippen molar-refractivity contribution in [2.24, 2.45) is 10.8 Å². The lowest BCUT2D eigenvalue weighted by atomic mass is 11.0. The predicted molar refractivity (Wildman–Crippen MR) is 30.4 cm³/mol. The summed E-state index contributed by atoms with van der Waals surface area (Å²) >= 11 is 3.55. The predicted octanol–water partition coefficient (Wildman–Crippen LogP) is 0.200. The smallest absolute Gasteiger partial charge is 0.326 e. The highest BCUT2D eigenvalue weighted by atomic mass is 32.1. The van der Waals surface area contributed by atoms with Gasteiger partial charge in [-0.2, -0.15) is 5.11 Å². The molecule has 3 N–H and O–H groups in total. The summed E-state index contributed by atoms with van der Waals surface area (Å²) < 4.78 is 0.826. The molecule has 2 amide bonds. The molecule has 0 saturated heterocycles. The van der Waals surface area contributed by atoms with E-state index in [2.05, 4.69) is 23.7 Å². The van der Waals surface area contributed by atoms with Gasteiger partial charge in [0, 0.05) is 0 Å². The molecule has 0 aromatic carbocycles. The maximum absolute atomic E-state index is 10.0. The number of carbonyl (C=O) groups is 1. The summed E-state index contributed by atoms with van der Waals surface area (Å²) in [5.41, 5.74) is 10.9. The Hall–Kier alpha value is -0.780. The number of thiol groups is 1. The first-order valence-electron chi connectivity index (χ1n) is 1.77. The maximum Gasteiger partial charge on any atom is 0.326 e. The second kappa shape index (κ2) is 3.25. The quantitative estimate of drug-likeness (QED) is 0.366. The Kier molecular flexibility index (Phi) is 2.93. The first kappa shape index (κ1) is 7.22. The fourth-order valence-electron chi connectivity index (χ4n) is 0.137. The summed E-state index contributed by atoms with van der Waals surface area (Å²) in [6.45, 7) is -0.0988. The molecule has 6 heteroatoms. The fraction of sp³-hybridized carbons (Fsp3) is 0.500. The van der Waals surface area contributed by atoms with Gasteiger partial charge in [0.25, 0.3) is 0 Å². The van der Waals surface area contributed by atoms with Crippen molar-refractivity contribution in [3.8, 4) is 0 Å². The zero-order chi connectivity index (χ0) is 6.57. The van der Waals surface area contributed by atoms with Crippen molar-refractivity contribution in [3.05, 3.63) is 0 Å². The van der Waals surface area contributed by atoms with Crippen molar-refractivity contribution >= 4 is 18.8 Å². The zero-order valence-corrected chi connectivity index (χ0v) is 4.93. The minimum absolute atomic E-state index is 0.0988. The molecular weight excluding hydrogens is 128 g/mol. The van der Waals surface area contributed by atoms with Gasteiger partial charge >= 0.3 is 6.03 Å². The lowest BCUT2D eigenvalue weighted by Crippen LogP contribution is -2.27. The summed E-state index contributed by atoms with van der Waals surface area (Å²) in [5.74, 6) is 0. The van der Waals surface area contributed by atoms with Gasteiger partial charge in [0.1, 0.15) is 6.67 Å². The number of nitrogens with one attached hydrogen (secondary N) is 1. The minimum Gasteiger partial charge on any atom is -0.351 e. The summed E-state index contributed by atoms with van der Waals surface area (Å²) in [5, 5.41) is 2.86. The molecule has 0 aliphatic heterocycles. The molecule has 0 unspecified atom stereocenters. The van der Waals surface area contributed by atoms with E-state index in [1.54, 1.807) is 0 Å². The Morgan fingerprint density at radius 1 is 2.00 bits per heavy atom. The van der Waals surface area contributed by atoms with E-state index >= 15 is 0 Å². The third kappa shape index (κ3) is 2.40. The van der Waals surface area contributed by atoms with Gasteiger partial charge in [-0.3, -0.25) is 0 Å². The van der Waals surface area contributed by atoms with E-state index in [4.69, 9.17) is 5.53 Å². The van der Waals surface area contributed by atoms with Crippen LogP contribution in [-0.2, 0) is 0 Å². The number of nitrogens with zero attached hydrogens (tertiary/aromatic N) is 2. The second-order valence-corrected chi connectivity index (χ2v) is 1.52. The highest BCUT2D eigenvalue weighted by Gasteiger charge is 1.99. The molecule has 8 heavy (non-hydrogen) atoms. The Bertz CT molecular complexity index is 104. The largest absolute Gasteiger partial charge is 0.351 e. The standard InChI is InChI=1S/C2H6N4OS/c3-2(7)6(8)1-5-4/h4,8H,1H2,(H2,3,7). The van der Waals surface area contributed by atoms with Crippen molar-refractivity contribution in [1.82, 2.24) is 4.31 Å². The van der Waals surface area contributed by atoms with Crippen LogP contribution in [-0.4, -0.2) is 17.0 Å². The van der Waals surface area contributed by atoms with E-state index < -0.39 is 6.03 Å². The van der Waals surface area contributed by atoms with Gasteiger partial charge in [-0.15, -0.1) is 0 Å². The zero-order valence-electron chi connectivity index (χ0n) is 4.03. The summed E-state index contributed by atoms with van der Waals surface area (Å²) in [6, 6.07) is -0.704. The number of hydrogen-bond donors (Lipinski definition) is 3. The van der Waals surface area contributed by atoms with Gasteiger partial charge in [-0.1, -0.05) is 12.8 Å². The normalized spacial score (nSPS) is 8.12. The van der Waals surface area contributed by atoms with Gasteiger partial charge in [-0.05, 0) is 0 Å². The lowest BCUT2D eigenvalue weighted by molar-refractivity contribution is 0.235. The summed E-state index contributed by atoms with van der Waals surface area (Å²) in [6.07, 6.45) is 0. The number of urea groups is 1. The lowest BCUT2D eigenvalue weighted by Gasteiger charge is -2.05. The van der Waals surface area contributed by atoms with Crippen LogP contribution in [0.2, 0.25) is 0 Å². The number of hydrogen-bond acceptors (Lipinski definition) is 4. The van der Waals surface area contributed by atoms with E-state index in [1.807, 2.05) is 0 Å². The van der Waals surface area contributed by atoms with Crippen LogP contribution in [0.4, 0.5) is 4.79 Å². The molecule has 0 aromatic rings. The third-order valence-electron chi connectivity index (χ3n) is 0.459. The second-order valence-electron chi connectivity index (χ2n) is 1.04. The minimum atomic E-state index is -0.704. The topological polar surface area (TPSA) is 82.5 Å². The molecule has 5 nitrogen and oxygen atoms in total. The molecule has 0 fully saturated rings. The van der Waals surface area contributed by atoms with Crippen LogP contribution < -0.4 is 5.73 Å². The average molecular weight is 134 g/mol. The number of nitrogens with two attached hydrogens (primary N) is 1. The first-order valence-corrected chi connectivity index (χ1v) is 2.17. The SMILES string of the molecule is N=NCN(S)C(N)=O. The maximum atomic E-state index is 10.0. The highest BCUT2D eigenvalue weighted by Crippen LogP contribution is 1.89. The number of amides is 2. The molecule has 0 radical (unpaired) electrons. The van der Waals surface area contributed by atoms with Gasteiger partial charge in [0.15, 0.2) is 0 Å². The van der Waals surface area contributed by atoms with E-state index in [-0.39, 0.29) is 6.67 Å². The molecule has 0 atom stereocenters.